The average molecular weight is 524 g/mol. The monoisotopic (exact) mass is 523 g/mol. The Morgan fingerprint density at radius 1 is 0.553 bits per heavy atom. The zero-order valence-electron chi connectivity index (χ0n) is 24.9. The molecule has 0 aliphatic rings. The van der Waals surface area contributed by atoms with Crippen LogP contribution in [0.4, 0.5) is 0 Å². The Morgan fingerprint density at radius 3 is 1.45 bits per heavy atom. The summed E-state index contributed by atoms with van der Waals surface area (Å²) in [4.78, 5) is 0. The topological polar surface area (TPSA) is 52.5 Å². The van der Waals surface area contributed by atoms with Crippen LogP contribution in [0, 0.1) is 0 Å². The molecular formula is C35H57NO2. The number of hydrogen-bond donors (Lipinski definition) is 3. The van der Waals surface area contributed by atoms with E-state index in [0.29, 0.717) is 17.5 Å². The summed E-state index contributed by atoms with van der Waals surface area (Å²) in [5.41, 5.74) is 4.90. The normalized spacial score (nSPS) is 11.5. The Balaban J connectivity index is 1.95. The molecule has 3 heteroatoms. The van der Waals surface area contributed by atoms with Crippen LogP contribution in [0.15, 0.2) is 36.4 Å². The molecule has 0 heterocycles. The first kappa shape index (κ1) is 32.2. The van der Waals surface area contributed by atoms with E-state index in [2.05, 4.69) is 50.4 Å². The van der Waals surface area contributed by atoms with Crippen molar-refractivity contribution in [2.24, 2.45) is 0 Å². The molecule has 0 unspecified atom stereocenters. The molecule has 0 aliphatic heterocycles. The van der Waals surface area contributed by atoms with Crippen LogP contribution in [0.25, 0.3) is 0 Å². The highest BCUT2D eigenvalue weighted by Gasteiger charge is 2.12. The lowest BCUT2D eigenvalue weighted by atomic mass is 9.95. The molecule has 0 spiro atoms. The molecule has 0 saturated heterocycles. The lowest BCUT2D eigenvalue weighted by Gasteiger charge is -2.20. The summed E-state index contributed by atoms with van der Waals surface area (Å²) in [6, 6.07) is 13.0. The van der Waals surface area contributed by atoms with Crippen LogP contribution in [0.3, 0.4) is 0 Å². The van der Waals surface area contributed by atoms with Gasteiger partial charge in [0.1, 0.15) is 11.5 Å². The lowest BCUT2D eigenvalue weighted by Crippen LogP contribution is -2.31. The maximum absolute atomic E-state index is 10.4. The Labute approximate surface area is 234 Å². The summed E-state index contributed by atoms with van der Waals surface area (Å²) < 4.78 is 0. The second kappa shape index (κ2) is 20.0. The highest BCUT2D eigenvalue weighted by Crippen LogP contribution is 2.24. The van der Waals surface area contributed by atoms with Crippen LogP contribution in [-0.2, 0) is 25.7 Å². The van der Waals surface area contributed by atoms with E-state index in [0.717, 1.165) is 69.0 Å². The minimum absolute atomic E-state index is 0.452. The third-order valence-corrected chi connectivity index (χ3v) is 7.91. The van der Waals surface area contributed by atoms with Crippen molar-refractivity contribution in [3.8, 4) is 11.5 Å². The number of phenolic OH excluding ortho intramolecular Hbond substituents is 2. The van der Waals surface area contributed by atoms with E-state index < -0.39 is 0 Å². The van der Waals surface area contributed by atoms with Gasteiger partial charge in [-0.2, -0.15) is 0 Å². The molecule has 0 fully saturated rings. The van der Waals surface area contributed by atoms with Crippen molar-refractivity contribution in [1.29, 1.82) is 0 Å². The van der Waals surface area contributed by atoms with Crippen molar-refractivity contribution in [3.63, 3.8) is 0 Å². The van der Waals surface area contributed by atoms with Crippen molar-refractivity contribution in [1.82, 2.24) is 5.32 Å². The van der Waals surface area contributed by atoms with Crippen LogP contribution < -0.4 is 5.32 Å². The predicted octanol–water partition coefficient (Wildman–Crippen LogP) is 9.45. The fraction of sp³-hybridized carbons (Fsp3) is 0.657. The zero-order chi connectivity index (χ0) is 27.4. The molecule has 38 heavy (non-hydrogen) atoms. The molecule has 0 aliphatic carbocycles. The van der Waals surface area contributed by atoms with E-state index in [1.807, 2.05) is 12.1 Å². The standard InChI is InChI=1S/C35H57NO2/c1-4-7-10-13-16-31-27-29(20-24-34(31)37)18-22-33(36-26-15-12-9-6-3)23-19-30-21-25-35(38)32(28-30)17-14-11-8-5-2/h20-21,24-25,27-28,33,36-38H,4-19,22-23,26H2,1-3H3. The van der Waals surface area contributed by atoms with Crippen molar-refractivity contribution in [3.05, 3.63) is 58.7 Å². The number of nitrogens with one attached hydrogen (secondary N) is 1. The molecule has 0 radical (unpaired) electrons. The van der Waals surface area contributed by atoms with Crippen LogP contribution in [-0.4, -0.2) is 22.8 Å². The minimum Gasteiger partial charge on any atom is -0.508 e. The molecule has 3 nitrogen and oxygen atoms in total. The van der Waals surface area contributed by atoms with Gasteiger partial charge in [0.05, 0.1) is 0 Å². The number of aryl methyl sites for hydroxylation is 4. The summed E-state index contributed by atoms with van der Waals surface area (Å²) in [7, 11) is 0. The number of hydrogen-bond acceptors (Lipinski definition) is 3. The third-order valence-electron chi connectivity index (χ3n) is 7.91. The van der Waals surface area contributed by atoms with E-state index in [4.69, 9.17) is 0 Å². The second-order valence-corrected chi connectivity index (χ2v) is 11.3. The maximum atomic E-state index is 10.4. The molecule has 2 aromatic carbocycles. The smallest absolute Gasteiger partial charge is 0.118 e. The fourth-order valence-electron chi connectivity index (χ4n) is 5.36. The highest BCUT2D eigenvalue weighted by atomic mass is 16.3. The van der Waals surface area contributed by atoms with Gasteiger partial charge in [0.15, 0.2) is 0 Å². The third kappa shape index (κ3) is 13.2. The van der Waals surface area contributed by atoms with Crippen molar-refractivity contribution < 1.29 is 10.2 Å². The predicted molar refractivity (Wildman–Crippen MR) is 164 cm³/mol. The van der Waals surface area contributed by atoms with Crippen LogP contribution >= 0.6 is 0 Å². The summed E-state index contributed by atoms with van der Waals surface area (Å²) >= 11 is 0. The number of rotatable bonds is 22. The fourth-order valence-corrected chi connectivity index (χ4v) is 5.36. The summed E-state index contributed by atoms with van der Waals surface area (Å²) in [5, 5.41) is 24.6. The molecule has 3 N–H and O–H groups in total. The molecule has 0 bridgehead atoms. The zero-order valence-corrected chi connectivity index (χ0v) is 24.9. The molecule has 2 rings (SSSR count). The van der Waals surface area contributed by atoms with Gasteiger partial charge < -0.3 is 15.5 Å². The Bertz CT molecular complexity index is 813. The van der Waals surface area contributed by atoms with Crippen molar-refractivity contribution in [2.45, 2.75) is 142 Å². The van der Waals surface area contributed by atoms with Gasteiger partial charge in [-0.05, 0) is 98.7 Å². The molecular weight excluding hydrogens is 466 g/mol. The maximum Gasteiger partial charge on any atom is 0.118 e. The Kier molecular flexibility index (Phi) is 16.9. The number of benzene rings is 2. The van der Waals surface area contributed by atoms with E-state index >= 15 is 0 Å². The average Bonchev–Trinajstić information content (AvgIpc) is 2.92. The van der Waals surface area contributed by atoms with Crippen LogP contribution in [0.2, 0.25) is 0 Å². The number of unbranched alkanes of at least 4 members (excludes halogenated alkanes) is 9. The second-order valence-electron chi connectivity index (χ2n) is 11.3. The SMILES string of the molecule is CCCCCCNC(CCc1ccc(O)c(CCCCCC)c1)CCc1ccc(O)c(CCCCCC)c1. The van der Waals surface area contributed by atoms with E-state index in [1.54, 1.807) is 0 Å². The molecule has 0 atom stereocenters. The van der Waals surface area contributed by atoms with Gasteiger partial charge in [0.2, 0.25) is 0 Å². The summed E-state index contributed by atoms with van der Waals surface area (Å²) in [6.07, 6.45) is 21.2. The molecule has 0 saturated carbocycles. The van der Waals surface area contributed by atoms with Gasteiger partial charge in [0.25, 0.3) is 0 Å². The first-order valence-electron chi connectivity index (χ1n) is 15.9. The Hall–Kier alpha value is -2.00. The summed E-state index contributed by atoms with van der Waals surface area (Å²) in [6.45, 7) is 7.83. The molecule has 2 aromatic rings. The first-order chi connectivity index (χ1) is 18.6. The molecule has 0 aromatic heterocycles. The van der Waals surface area contributed by atoms with Crippen LogP contribution in [0.5, 0.6) is 11.5 Å². The van der Waals surface area contributed by atoms with Gasteiger partial charge in [-0.3, -0.25) is 0 Å². The Morgan fingerprint density at radius 2 is 1.00 bits per heavy atom. The number of aromatic hydroxyl groups is 2. The molecule has 0 amide bonds. The van der Waals surface area contributed by atoms with E-state index in [-0.39, 0.29) is 0 Å². The van der Waals surface area contributed by atoms with Crippen molar-refractivity contribution >= 4 is 0 Å². The van der Waals surface area contributed by atoms with Gasteiger partial charge in [-0.1, -0.05) is 103 Å². The van der Waals surface area contributed by atoms with Crippen molar-refractivity contribution in [2.75, 3.05) is 6.54 Å². The molecule has 214 valence electrons. The van der Waals surface area contributed by atoms with E-state index in [1.165, 1.54) is 75.3 Å². The van der Waals surface area contributed by atoms with Gasteiger partial charge >= 0.3 is 0 Å². The number of phenols is 2. The van der Waals surface area contributed by atoms with E-state index in [9.17, 15) is 10.2 Å². The first-order valence-corrected chi connectivity index (χ1v) is 15.9. The quantitative estimate of drug-likeness (QED) is 0.135. The van der Waals surface area contributed by atoms with Crippen LogP contribution in [0.1, 0.15) is 133 Å². The minimum atomic E-state index is 0.452. The summed E-state index contributed by atoms with van der Waals surface area (Å²) in [5.74, 6) is 0.905. The van der Waals surface area contributed by atoms with Gasteiger partial charge in [0, 0.05) is 6.04 Å². The largest absolute Gasteiger partial charge is 0.508 e. The lowest BCUT2D eigenvalue weighted by molar-refractivity contribution is 0.441. The van der Waals surface area contributed by atoms with Gasteiger partial charge in [-0.15, -0.1) is 0 Å². The highest BCUT2D eigenvalue weighted by molar-refractivity contribution is 5.37. The van der Waals surface area contributed by atoms with Gasteiger partial charge in [-0.25, -0.2) is 0 Å².